The van der Waals surface area contributed by atoms with Gasteiger partial charge in [0.2, 0.25) is 0 Å². The van der Waals surface area contributed by atoms with Crippen LogP contribution in [-0.2, 0) is 9.47 Å². The van der Waals surface area contributed by atoms with Crippen molar-refractivity contribution in [2.24, 2.45) is 0 Å². The van der Waals surface area contributed by atoms with Crippen LogP contribution in [0.4, 0.5) is 16.2 Å². The van der Waals surface area contributed by atoms with Gasteiger partial charge >= 0.3 is 103 Å². The van der Waals surface area contributed by atoms with Crippen LogP contribution in [0.3, 0.4) is 0 Å². The number of ether oxygens (including phenoxy) is 2. The molecule has 0 aromatic heterocycles. The fourth-order valence-corrected chi connectivity index (χ4v) is 3.43. The number of carbonyl (C=O) groups excluding carboxylic acids is 1. The van der Waals surface area contributed by atoms with Crippen LogP contribution in [0.25, 0.3) is 0 Å². The number of nitro groups is 1. The van der Waals surface area contributed by atoms with Crippen molar-refractivity contribution in [3.63, 3.8) is 0 Å². The molecule has 2 fully saturated rings. The van der Waals surface area contributed by atoms with E-state index in [0.717, 1.165) is 12.8 Å². The van der Waals surface area contributed by atoms with E-state index in [1.807, 2.05) is 6.07 Å². The number of aliphatic hydroxyl groups is 1. The Morgan fingerprint density at radius 2 is 1.87 bits per heavy atom. The smallest absolute Gasteiger partial charge is 0.652 e. The molecular formula is C17H19K2N3O8. The summed E-state index contributed by atoms with van der Waals surface area (Å²) in [5.74, 6) is -0.741. The van der Waals surface area contributed by atoms with Gasteiger partial charge in [-0.2, -0.15) is 5.26 Å². The molecule has 1 aromatic rings. The number of nitro benzene ring substituents is 1. The molecule has 0 radical (unpaired) electrons. The van der Waals surface area contributed by atoms with Crippen LogP contribution in [0.2, 0.25) is 0 Å². The second kappa shape index (κ2) is 13.8. The van der Waals surface area contributed by atoms with Crippen LogP contribution in [0, 0.1) is 21.4 Å². The van der Waals surface area contributed by atoms with Crippen LogP contribution < -0.4 is 118 Å². The second-order valence-corrected chi connectivity index (χ2v) is 6.57. The number of hydrogen-bond donors (Lipinski definition) is 2. The van der Waals surface area contributed by atoms with E-state index >= 15 is 0 Å². The molecule has 1 atom stereocenters. The van der Waals surface area contributed by atoms with Gasteiger partial charge in [0.15, 0.2) is 5.79 Å². The van der Waals surface area contributed by atoms with Gasteiger partial charge in [-0.3, -0.25) is 10.1 Å². The maximum Gasteiger partial charge on any atom is 1.00 e. The zero-order valence-electron chi connectivity index (χ0n) is 16.9. The fraction of sp³-hybridized carbons (Fsp3) is 0.529. The van der Waals surface area contributed by atoms with Gasteiger partial charge in [0.1, 0.15) is 5.69 Å². The first kappa shape index (κ1) is 30.3. The maximum absolute atomic E-state index is 11.1. The third-order valence-corrected chi connectivity index (χ3v) is 4.54. The molecule has 152 valence electrons. The van der Waals surface area contributed by atoms with E-state index in [0.29, 0.717) is 31.6 Å². The first-order valence-electron chi connectivity index (χ1n) is 8.49. The van der Waals surface area contributed by atoms with E-state index in [9.17, 15) is 15.2 Å². The zero-order chi connectivity index (χ0) is 20.8. The van der Waals surface area contributed by atoms with Crippen molar-refractivity contribution in [3.05, 3.63) is 33.9 Å². The molecule has 0 amide bonds. The average molecular weight is 472 g/mol. The summed E-state index contributed by atoms with van der Waals surface area (Å²) >= 11 is 0. The average Bonchev–Trinajstić information content (AvgIpc) is 3.06. The van der Waals surface area contributed by atoms with Gasteiger partial charge in [0, 0.05) is 25.5 Å². The van der Waals surface area contributed by atoms with E-state index in [1.165, 1.54) is 18.2 Å². The van der Waals surface area contributed by atoms with E-state index in [4.69, 9.17) is 29.7 Å². The molecule has 1 saturated carbocycles. The quantitative estimate of drug-likeness (QED) is 0.243. The summed E-state index contributed by atoms with van der Waals surface area (Å²) in [7, 11) is 0. The maximum atomic E-state index is 11.1. The van der Waals surface area contributed by atoms with E-state index in [-0.39, 0.29) is 121 Å². The van der Waals surface area contributed by atoms with Gasteiger partial charge in [0.25, 0.3) is 5.69 Å². The van der Waals surface area contributed by atoms with Gasteiger partial charge in [-0.05, 0) is 31.1 Å². The molecule has 0 unspecified atom stereocenters. The number of nitriles is 1. The fourth-order valence-electron chi connectivity index (χ4n) is 3.43. The monoisotopic (exact) mass is 471 g/mol. The molecule has 13 heteroatoms. The molecule has 1 heterocycles. The van der Waals surface area contributed by atoms with Gasteiger partial charge in [-0.1, -0.05) is 0 Å². The third-order valence-electron chi connectivity index (χ3n) is 4.54. The number of benzene rings is 1. The summed E-state index contributed by atoms with van der Waals surface area (Å²) in [6, 6.07) is 6.06. The van der Waals surface area contributed by atoms with Gasteiger partial charge in [-0.25, -0.2) is 0 Å². The largest absolute Gasteiger partial charge is 1.00 e. The number of hydrogen-bond acceptors (Lipinski definition) is 10. The van der Waals surface area contributed by atoms with Crippen LogP contribution in [0.1, 0.15) is 31.2 Å². The normalized spacial score (nSPS) is 21.1. The number of nitrogens with zero attached hydrogens (tertiary/aromatic N) is 2. The molecule has 3 rings (SSSR count). The van der Waals surface area contributed by atoms with Crippen molar-refractivity contribution < 1.29 is 137 Å². The minimum absolute atomic E-state index is 0. The first-order chi connectivity index (χ1) is 13.2. The van der Waals surface area contributed by atoms with Crippen molar-refractivity contribution in [1.82, 2.24) is 0 Å². The molecule has 1 aliphatic heterocycles. The Morgan fingerprint density at radius 1 is 1.27 bits per heavy atom. The second-order valence-electron chi connectivity index (χ2n) is 6.57. The summed E-state index contributed by atoms with van der Waals surface area (Å²) in [6.07, 6.45) is 0.0246. The van der Waals surface area contributed by atoms with Crippen LogP contribution in [0.15, 0.2) is 18.2 Å². The molecule has 1 aromatic carbocycles. The molecule has 1 saturated heterocycles. The number of carbonyl (C=O) groups is 1. The number of anilines is 1. The standard InChI is InChI=1S/C16H19N3O5.CH2O3.2K/c17-9-12-2-3-14(19(21)22)13(8-12)18-11-15(20)4-1-5-16(10-15)23-6-7-24-16;2-1(3)4;;/h2-3,8,18,20H,1,4-7,10-11H2;(H2,2,3,4);;/q;;2*+1/p-2/t15-;;;/m1.../s1. The van der Waals surface area contributed by atoms with Crippen molar-refractivity contribution >= 4 is 17.5 Å². The number of carboxylic acid groups (broad SMARTS) is 2. The minimum Gasteiger partial charge on any atom is -0.652 e. The summed E-state index contributed by atoms with van der Waals surface area (Å²) < 4.78 is 11.3. The van der Waals surface area contributed by atoms with Crippen LogP contribution in [0.5, 0.6) is 0 Å². The van der Waals surface area contributed by atoms with Crippen molar-refractivity contribution in [3.8, 4) is 6.07 Å². The molecule has 30 heavy (non-hydrogen) atoms. The summed E-state index contributed by atoms with van der Waals surface area (Å²) in [5, 5.41) is 50.6. The SMILES string of the molecule is N#Cc1ccc([N+](=O)[O-])c(NC[C@@]2(O)CCCC3(C2)OCCO3)c1.O=C([O-])[O-].[K+].[K+]. The Balaban J connectivity index is 0.00000129. The predicted molar refractivity (Wildman–Crippen MR) is 89.7 cm³/mol. The molecule has 1 spiro atoms. The topological polar surface area (TPSA) is 181 Å². The third kappa shape index (κ3) is 9.06. The van der Waals surface area contributed by atoms with Gasteiger partial charge < -0.3 is 34.9 Å². The number of nitrogens with one attached hydrogen (secondary N) is 1. The Morgan fingerprint density at radius 3 is 2.40 bits per heavy atom. The van der Waals surface area contributed by atoms with Gasteiger partial charge in [-0.15, -0.1) is 0 Å². The molecular weight excluding hydrogens is 452 g/mol. The summed E-state index contributed by atoms with van der Waals surface area (Å²) in [6.45, 7) is 1.15. The van der Waals surface area contributed by atoms with Crippen molar-refractivity contribution in [1.29, 1.82) is 5.26 Å². The Labute approximate surface area is 258 Å². The Kier molecular flexibility index (Phi) is 13.9. The van der Waals surface area contributed by atoms with Gasteiger partial charge in [0.05, 0.1) is 35.4 Å². The van der Waals surface area contributed by atoms with E-state index in [1.54, 1.807) is 0 Å². The summed E-state index contributed by atoms with van der Waals surface area (Å²) in [5.41, 5.74) is -0.673. The molecule has 1 aliphatic carbocycles. The molecule has 2 aliphatic rings. The zero-order valence-corrected chi connectivity index (χ0v) is 23.1. The van der Waals surface area contributed by atoms with E-state index in [2.05, 4.69) is 5.32 Å². The van der Waals surface area contributed by atoms with E-state index < -0.39 is 22.5 Å². The first-order valence-corrected chi connectivity index (χ1v) is 8.49. The molecule has 2 N–H and O–H groups in total. The Hall–Kier alpha value is 0.333. The predicted octanol–water partition coefficient (Wildman–Crippen LogP) is -6.51. The minimum atomic E-state index is -2.33. The Bertz CT molecular complexity index is 779. The number of rotatable bonds is 4. The molecule has 11 nitrogen and oxygen atoms in total. The molecule has 0 bridgehead atoms. The van der Waals surface area contributed by atoms with Crippen LogP contribution >= 0.6 is 0 Å². The summed E-state index contributed by atoms with van der Waals surface area (Å²) in [4.78, 5) is 19.0. The van der Waals surface area contributed by atoms with Crippen molar-refractivity contribution in [2.45, 2.75) is 37.1 Å². The van der Waals surface area contributed by atoms with Crippen LogP contribution in [-0.4, -0.2) is 47.3 Å². The van der Waals surface area contributed by atoms with Crippen molar-refractivity contribution in [2.75, 3.05) is 25.1 Å².